The Kier molecular flexibility index (Phi) is 10.6. The zero-order valence-corrected chi connectivity index (χ0v) is 14.1. The quantitative estimate of drug-likeness (QED) is 0.758. The fourth-order valence-corrected chi connectivity index (χ4v) is 3.18. The minimum Gasteiger partial charge on any atom is -0.338 e. The average Bonchev–Trinajstić information content (AvgIpc) is 3.01. The summed E-state index contributed by atoms with van der Waals surface area (Å²) in [5.74, 6) is 0.368. The van der Waals surface area contributed by atoms with Crippen molar-refractivity contribution in [2.24, 2.45) is 0 Å². The molecule has 2 heterocycles. The van der Waals surface area contributed by atoms with Crippen molar-refractivity contribution in [3.63, 3.8) is 0 Å². The van der Waals surface area contributed by atoms with Crippen molar-refractivity contribution < 1.29 is 4.79 Å². The lowest BCUT2D eigenvalue weighted by Crippen LogP contribution is -2.42. The van der Waals surface area contributed by atoms with E-state index in [9.17, 15) is 4.79 Å². The van der Waals surface area contributed by atoms with Crippen LogP contribution in [0, 0.1) is 0 Å². The molecule has 0 radical (unpaired) electrons. The predicted molar refractivity (Wildman–Crippen MR) is 88.1 cm³/mol. The van der Waals surface area contributed by atoms with Crippen molar-refractivity contribution in [3.05, 3.63) is 0 Å². The molecule has 0 aromatic carbocycles. The molecule has 2 fully saturated rings. The van der Waals surface area contributed by atoms with Crippen LogP contribution in [-0.4, -0.2) is 61.5 Å². The van der Waals surface area contributed by atoms with Gasteiger partial charge in [-0.3, -0.25) is 4.79 Å². The highest BCUT2D eigenvalue weighted by atomic mass is 35.5. The highest BCUT2D eigenvalue weighted by molar-refractivity contribution is 5.85. The molecule has 1 N–H and O–H groups in total. The molecule has 1 atom stereocenters. The largest absolute Gasteiger partial charge is 0.338 e. The molecule has 120 valence electrons. The number of halogens is 2. The highest BCUT2D eigenvalue weighted by Gasteiger charge is 2.30. The zero-order valence-electron chi connectivity index (χ0n) is 12.5. The number of nitrogens with zero attached hydrogens (tertiary/aromatic N) is 2. The van der Waals surface area contributed by atoms with Gasteiger partial charge in [0.25, 0.3) is 0 Å². The first-order chi connectivity index (χ1) is 8.81. The first-order valence-corrected chi connectivity index (χ1v) is 7.47. The summed E-state index contributed by atoms with van der Waals surface area (Å²) in [5, 5.41) is 3.10. The van der Waals surface area contributed by atoms with Crippen LogP contribution in [0.1, 0.15) is 38.5 Å². The van der Waals surface area contributed by atoms with Crippen LogP contribution < -0.4 is 5.32 Å². The van der Waals surface area contributed by atoms with E-state index >= 15 is 0 Å². The van der Waals surface area contributed by atoms with Gasteiger partial charge in [0.05, 0.1) is 0 Å². The first-order valence-electron chi connectivity index (χ1n) is 7.47. The fourth-order valence-electron chi connectivity index (χ4n) is 3.18. The van der Waals surface area contributed by atoms with Gasteiger partial charge in [-0.2, -0.15) is 0 Å². The van der Waals surface area contributed by atoms with E-state index < -0.39 is 0 Å². The minimum absolute atomic E-state index is 0. The molecule has 0 bridgehead atoms. The second-order valence-electron chi connectivity index (χ2n) is 5.60. The summed E-state index contributed by atoms with van der Waals surface area (Å²) >= 11 is 0. The number of carbonyl (C=O) groups is 1. The molecular weight excluding hydrogens is 297 g/mol. The molecule has 20 heavy (non-hydrogen) atoms. The molecule has 0 saturated carbocycles. The van der Waals surface area contributed by atoms with Gasteiger partial charge < -0.3 is 15.1 Å². The molecule has 1 unspecified atom stereocenters. The summed E-state index contributed by atoms with van der Waals surface area (Å²) < 4.78 is 0. The molecular formula is C14H29Cl2N3O. The van der Waals surface area contributed by atoms with Crippen LogP contribution in [0.2, 0.25) is 0 Å². The van der Waals surface area contributed by atoms with Gasteiger partial charge in [0, 0.05) is 25.6 Å². The highest BCUT2D eigenvalue weighted by Crippen LogP contribution is 2.21. The summed E-state index contributed by atoms with van der Waals surface area (Å²) in [5.41, 5.74) is 0. The maximum atomic E-state index is 12.2. The molecule has 4 nitrogen and oxygen atoms in total. The summed E-state index contributed by atoms with van der Waals surface area (Å²) in [7, 11) is 1.94. The number of likely N-dealkylation sites (tertiary alicyclic amines) is 2. The van der Waals surface area contributed by atoms with Crippen LogP contribution in [0.25, 0.3) is 0 Å². The van der Waals surface area contributed by atoms with Crippen LogP contribution in [-0.2, 0) is 4.79 Å². The van der Waals surface area contributed by atoms with E-state index in [2.05, 4.69) is 15.1 Å². The van der Waals surface area contributed by atoms with Crippen molar-refractivity contribution in [2.45, 2.75) is 44.6 Å². The molecule has 6 heteroatoms. The third-order valence-electron chi connectivity index (χ3n) is 4.18. The van der Waals surface area contributed by atoms with E-state index in [4.69, 9.17) is 0 Å². The Bertz CT molecular complexity index is 273. The Morgan fingerprint density at radius 1 is 1.15 bits per heavy atom. The number of amides is 1. The molecule has 0 aromatic rings. The summed E-state index contributed by atoms with van der Waals surface area (Å²) in [6.07, 6.45) is 6.73. The molecule has 2 rings (SSSR count). The Labute approximate surface area is 135 Å². The van der Waals surface area contributed by atoms with E-state index in [0.717, 1.165) is 26.1 Å². The van der Waals surface area contributed by atoms with Crippen LogP contribution in [0.5, 0.6) is 0 Å². The number of nitrogens with one attached hydrogen (secondary N) is 1. The van der Waals surface area contributed by atoms with Crippen molar-refractivity contribution in [1.82, 2.24) is 15.1 Å². The number of rotatable bonds is 6. The van der Waals surface area contributed by atoms with Gasteiger partial charge in [0.1, 0.15) is 0 Å². The van der Waals surface area contributed by atoms with Gasteiger partial charge in [-0.15, -0.1) is 24.8 Å². The number of carbonyl (C=O) groups excluding carboxylic acids is 1. The van der Waals surface area contributed by atoms with Crippen molar-refractivity contribution >= 4 is 30.7 Å². The summed E-state index contributed by atoms with van der Waals surface area (Å²) in [4.78, 5) is 16.9. The molecule has 2 aliphatic rings. The minimum atomic E-state index is 0. The van der Waals surface area contributed by atoms with E-state index in [1.807, 2.05) is 7.05 Å². The molecule has 0 aliphatic carbocycles. The lowest BCUT2D eigenvalue weighted by atomic mass is 10.2. The Morgan fingerprint density at radius 2 is 1.85 bits per heavy atom. The van der Waals surface area contributed by atoms with Crippen molar-refractivity contribution in [2.75, 3.05) is 39.8 Å². The smallest absolute Gasteiger partial charge is 0.222 e. The summed E-state index contributed by atoms with van der Waals surface area (Å²) in [6.45, 7) is 5.50. The van der Waals surface area contributed by atoms with Gasteiger partial charge >= 0.3 is 0 Å². The molecule has 2 aliphatic heterocycles. The second kappa shape index (κ2) is 10.7. The number of hydrogen-bond donors (Lipinski definition) is 1. The van der Waals surface area contributed by atoms with Crippen LogP contribution >= 0.6 is 24.8 Å². The topological polar surface area (TPSA) is 35.6 Å². The van der Waals surface area contributed by atoms with Gasteiger partial charge in [0.2, 0.25) is 5.91 Å². The fraction of sp³-hybridized carbons (Fsp3) is 0.929. The molecule has 0 spiro atoms. The van der Waals surface area contributed by atoms with Gasteiger partial charge in [-0.1, -0.05) is 0 Å². The van der Waals surface area contributed by atoms with E-state index in [1.165, 1.54) is 38.8 Å². The van der Waals surface area contributed by atoms with Gasteiger partial charge in [-0.25, -0.2) is 0 Å². The Morgan fingerprint density at radius 3 is 2.50 bits per heavy atom. The van der Waals surface area contributed by atoms with Crippen LogP contribution in [0.15, 0.2) is 0 Å². The average molecular weight is 326 g/mol. The molecule has 0 aromatic heterocycles. The summed E-state index contributed by atoms with van der Waals surface area (Å²) in [6, 6.07) is 0.491. The van der Waals surface area contributed by atoms with Crippen LogP contribution in [0.3, 0.4) is 0 Å². The SMILES string of the molecule is CNCCCC(=O)N1CCCC1CN1CCCC1.Cl.Cl. The Balaban J connectivity index is 0.00000180. The first kappa shape index (κ1) is 20.0. The maximum Gasteiger partial charge on any atom is 0.222 e. The monoisotopic (exact) mass is 325 g/mol. The predicted octanol–water partition coefficient (Wildman–Crippen LogP) is 1.92. The van der Waals surface area contributed by atoms with Gasteiger partial charge in [-0.05, 0) is 58.8 Å². The Hall–Kier alpha value is -0.0300. The number of hydrogen-bond acceptors (Lipinski definition) is 3. The lowest BCUT2D eigenvalue weighted by molar-refractivity contribution is -0.132. The molecule has 1 amide bonds. The van der Waals surface area contributed by atoms with Crippen molar-refractivity contribution in [1.29, 1.82) is 0 Å². The maximum absolute atomic E-state index is 12.2. The van der Waals surface area contributed by atoms with E-state index in [0.29, 0.717) is 18.4 Å². The normalized spacial score (nSPS) is 22.4. The lowest BCUT2D eigenvalue weighted by Gasteiger charge is -2.28. The third-order valence-corrected chi connectivity index (χ3v) is 4.18. The van der Waals surface area contributed by atoms with Crippen molar-refractivity contribution in [3.8, 4) is 0 Å². The second-order valence-corrected chi connectivity index (χ2v) is 5.60. The van der Waals surface area contributed by atoms with E-state index in [1.54, 1.807) is 0 Å². The molecule has 2 saturated heterocycles. The zero-order chi connectivity index (χ0) is 12.8. The third kappa shape index (κ3) is 5.76. The standard InChI is InChI=1S/C14H27N3O.2ClH/c1-15-8-4-7-14(18)17-11-5-6-13(17)12-16-9-2-3-10-16;;/h13,15H,2-12H2,1H3;2*1H. The van der Waals surface area contributed by atoms with Crippen LogP contribution in [0.4, 0.5) is 0 Å². The van der Waals surface area contributed by atoms with Gasteiger partial charge in [0.15, 0.2) is 0 Å². The van der Waals surface area contributed by atoms with E-state index in [-0.39, 0.29) is 24.8 Å².